The predicted molar refractivity (Wildman–Crippen MR) is 62.2 cm³/mol. The van der Waals surface area contributed by atoms with Gasteiger partial charge in [-0.3, -0.25) is 0 Å². The van der Waals surface area contributed by atoms with Crippen molar-refractivity contribution in [3.8, 4) is 0 Å². The molecule has 0 fully saturated rings. The normalized spacial score (nSPS) is 10.3. The summed E-state index contributed by atoms with van der Waals surface area (Å²) >= 11 is 0. The molecular formula is C12H21N. The topological polar surface area (TPSA) is 3.24 Å². The first-order valence-corrected chi connectivity index (χ1v) is 4.62. The summed E-state index contributed by atoms with van der Waals surface area (Å²) in [5.41, 5.74) is 1.04. The minimum absolute atomic E-state index is 1.04. The van der Waals surface area contributed by atoms with E-state index in [4.69, 9.17) is 0 Å². The molecule has 0 aliphatic carbocycles. The Morgan fingerprint density at radius 2 is 1.69 bits per heavy atom. The Morgan fingerprint density at radius 1 is 1.15 bits per heavy atom. The first-order valence-electron chi connectivity index (χ1n) is 4.62. The van der Waals surface area contributed by atoms with Crippen LogP contribution in [0, 0.1) is 0 Å². The lowest BCUT2D eigenvalue weighted by Crippen LogP contribution is -2.05. The maximum atomic E-state index is 3.69. The highest BCUT2D eigenvalue weighted by Crippen LogP contribution is 2.05. The molecule has 0 heterocycles. The highest BCUT2D eigenvalue weighted by atomic mass is 15.1. The van der Waals surface area contributed by atoms with Gasteiger partial charge in [0.1, 0.15) is 0 Å². The van der Waals surface area contributed by atoms with Crippen LogP contribution in [0.4, 0.5) is 0 Å². The second-order valence-electron chi connectivity index (χ2n) is 1.99. The van der Waals surface area contributed by atoms with E-state index in [0.29, 0.717) is 0 Å². The quantitative estimate of drug-likeness (QED) is 0.588. The van der Waals surface area contributed by atoms with Crippen LogP contribution in [-0.4, -0.2) is 4.90 Å². The largest absolute Gasteiger partial charge is 0.325 e. The molecule has 0 saturated carbocycles. The molecule has 0 radical (unpaired) electrons. The van der Waals surface area contributed by atoms with Crippen LogP contribution in [0.15, 0.2) is 49.5 Å². The van der Waals surface area contributed by atoms with E-state index in [0.717, 1.165) is 5.70 Å². The molecule has 13 heavy (non-hydrogen) atoms. The van der Waals surface area contributed by atoms with Gasteiger partial charge in [0.25, 0.3) is 0 Å². The highest BCUT2D eigenvalue weighted by Gasteiger charge is 1.93. The molecule has 0 unspecified atom stereocenters. The van der Waals surface area contributed by atoms with Crippen molar-refractivity contribution in [3.63, 3.8) is 0 Å². The van der Waals surface area contributed by atoms with Gasteiger partial charge in [0.2, 0.25) is 0 Å². The molecule has 0 aliphatic heterocycles. The molecule has 0 saturated heterocycles. The first kappa shape index (κ1) is 14.3. The molecule has 0 spiro atoms. The summed E-state index contributed by atoms with van der Waals surface area (Å²) in [5, 5.41) is 0. The lowest BCUT2D eigenvalue weighted by Gasteiger charge is -2.14. The Kier molecular flexibility index (Phi) is 11.8. The van der Waals surface area contributed by atoms with Gasteiger partial charge < -0.3 is 4.90 Å². The molecule has 0 aromatic carbocycles. The molecule has 0 aliphatic rings. The molecule has 1 heteroatoms. The molecule has 0 aromatic heterocycles. The fourth-order valence-electron chi connectivity index (χ4n) is 0.785. The van der Waals surface area contributed by atoms with Crippen molar-refractivity contribution in [1.29, 1.82) is 0 Å². The molecule has 74 valence electrons. The van der Waals surface area contributed by atoms with Crippen LogP contribution >= 0.6 is 0 Å². The second kappa shape index (κ2) is 10.8. The third kappa shape index (κ3) is 5.97. The lowest BCUT2D eigenvalue weighted by molar-refractivity contribution is 0.651. The van der Waals surface area contributed by atoms with Crippen molar-refractivity contribution in [2.24, 2.45) is 0 Å². The van der Waals surface area contributed by atoms with E-state index in [-0.39, 0.29) is 0 Å². The molecular weight excluding hydrogens is 158 g/mol. The fraction of sp³-hybridized carbons (Fsp3) is 0.333. The van der Waals surface area contributed by atoms with Gasteiger partial charge in [0.05, 0.1) is 0 Å². The van der Waals surface area contributed by atoms with Gasteiger partial charge in [-0.05, 0) is 19.9 Å². The van der Waals surface area contributed by atoms with Gasteiger partial charge in [0.15, 0.2) is 0 Å². The van der Waals surface area contributed by atoms with Crippen LogP contribution in [0.1, 0.15) is 27.7 Å². The molecule has 0 rings (SSSR count). The Labute approximate surface area is 82.8 Å². The van der Waals surface area contributed by atoms with E-state index in [1.54, 1.807) is 12.3 Å². The van der Waals surface area contributed by atoms with Crippen LogP contribution in [0.2, 0.25) is 0 Å². The van der Waals surface area contributed by atoms with E-state index in [2.05, 4.69) is 13.2 Å². The van der Waals surface area contributed by atoms with Crippen molar-refractivity contribution >= 4 is 0 Å². The summed E-state index contributed by atoms with van der Waals surface area (Å²) in [4.78, 5) is 1.91. The average molecular weight is 179 g/mol. The molecule has 0 bridgehead atoms. The van der Waals surface area contributed by atoms with Crippen molar-refractivity contribution in [2.75, 3.05) is 0 Å². The van der Waals surface area contributed by atoms with Crippen molar-refractivity contribution in [1.82, 2.24) is 4.90 Å². The number of rotatable bonds is 4. The molecule has 0 aromatic rings. The minimum atomic E-state index is 1.04. The summed E-state index contributed by atoms with van der Waals surface area (Å²) in [6.07, 6.45) is 9.41. The molecule has 0 amide bonds. The standard InChI is InChI=1S/C10H15N.C2H6/c1-5-9-11(8-4)10(6-2)7-3;1-2/h5-9H,2,4H2,1,3H3;1-2H3/b9-5-,10-7-;. The highest BCUT2D eigenvalue weighted by molar-refractivity contribution is 5.18. The Hall–Kier alpha value is -1.24. The SMILES string of the molecule is C=C/C(=C/C)N(C=C)/C=C\C.CC. The predicted octanol–water partition coefficient (Wildman–Crippen LogP) is 4.08. The van der Waals surface area contributed by atoms with Crippen molar-refractivity contribution < 1.29 is 0 Å². The maximum absolute atomic E-state index is 3.69. The van der Waals surface area contributed by atoms with Crippen LogP contribution in [-0.2, 0) is 0 Å². The average Bonchev–Trinajstić information content (AvgIpc) is 2.21. The van der Waals surface area contributed by atoms with E-state index >= 15 is 0 Å². The first-order chi connectivity index (χ1) is 6.29. The summed E-state index contributed by atoms with van der Waals surface area (Å²) in [6.45, 7) is 15.3. The number of hydrogen-bond donors (Lipinski definition) is 0. The summed E-state index contributed by atoms with van der Waals surface area (Å²) in [5.74, 6) is 0. The van der Waals surface area contributed by atoms with Crippen molar-refractivity contribution in [2.45, 2.75) is 27.7 Å². The van der Waals surface area contributed by atoms with Crippen LogP contribution in [0.3, 0.4) is 0 Å². The van der Waals surface area contributed by atoms with Gasteiger partial charge in [0, 0.05) is 18.1 Å². The zero-order chi connectivity index (χ0) is 10.7. The van der Waals surface area contributed by atoms with Crippen LogP contribution < -0.4 is 0 Å². The van der Waals surface area contributed by atoms with Crippen LogP contribution in [0.25, 0.3) is 0 Å². The van der Waals surface area contributed by atoms with E-state index < -0.39 is 0 Å². The lowest BCUT2D eigenvalue weighted by atomic mass is 10.3. The van der Waals surface area contributed by atoms with Gasteiger partial charge in [-0.15, -0.1) is 0 Å². The molecule has 0 N–H and O–H groups in total. The summed E-state index contributed by atoms with van der Waals surface area (Å²) < 4.78 is 0. The molecule has 1 nitrogen and oxygen atoms in total. The third-order valence-electron chi connectivity index (χ3n) is 1.31. The number of nitrogens with zero attached hydrogens (tertiary/aromatic N) is 1. The van der Waals surface area contributed by atoms with Gasteiger partial charge >= 0.3 is 0 Å². The third-order valence-corrected chi connectivity index (χ3v) is 1.31. The van der Waals surface area contributed by atoms with E-state index in [9.17, 15) is 0 Å². The Balaban J connectivity index is 0. The second-order valence-corrected chi connectivity index (χ2v) is 1.99. The smallest absolute Gasteiger partial charge is 0.0400 e. The zero-order valence-electron chi connectivity index (χ0n) is 9.25. The Morgan fingerprint density at radius 3 is 1.92 bits per heavy atom. The van der Waals surface area contributed by atoms with E-state index in [1.807, 2.05) is 50.9 Å². The summed E-state index contributed by atoms with van der Waals surface area (Å²) in [7, 11) is 0. The minimum Gasteiger partial charge on any atom is -0.325 e. The number of allylic oxidation sites excluding steroid dienone is 3. The van der Waals surface area contributed by atoms with Gasteiger partial charge in [-0.2, -0.15) is 0 Å². The summed E-state index contributed by atoms with van der Waals surface area (Å²) in [6, 6.07) is 0. The Bertz CT molecular complexity index is 187. The van der Waals surface area contributed by atoms with Gasteiger partial charge in [-0.25, -0.2) is 0 Å². The number of hydrogen-bond acceptors (Lipinski definition) is 1. The van der Waals surface area contributed by atoms with Gasteiger partial charge in [-0.1, -0.05) is 39.2 Å². The molecule has 0 atom stereocenters. The monoisotopic (exact) mass is 179 g/mol. The maximum Gasteiger partial charge on any atom is 0.0400 e. The van der Waals surface area contributed by atoms with Crippen molar-refractivity contribution in [3.05, 3.63) is 49.5 Å². The van der Waals surface area contributed by atoms with E-state index in [1.165, 1.54) is 0 Å². The fourth-order valence-corrected chi connectivity index (χ4v) is 0.785. The van der Waals surface area contributed by atoms with Crippen LogP contribution in [0.5, 0.6) is 0 Å². The zero-order valence-corrected chi connectivity index (χ0v) is 9.25.